The second-order valence-electron chi connectivity index (χ2n) is 4.70. The normalized spacial score (nSPS) is 10.4. The second-order valence-corrected chi connectivity index (χ2v) is 4.70. The van der Waals surface area contributed by atoms with Crippen LogP contribution in [0.2, 0.25) is 0 Å². The van der Waals surface area contributed by atoms with Crippen molar-refractivity contribution < 1.29 is 9.34 Å². The van der Waals surface area contributed by atoms with E-state index in [1.54, 1.807) is 18.0 Å². The first-order valence-electron chi connectivity index (χ1n) is 6.67. The lowest BCUT2D eigenvalue weighted by Crippen LogP contribution is -2.19. The van der Waals surface area contributed by atoms with Crippen molar-refractivity contribution in [1.82, 2.24) is 4.98 Å². The van der Waals surface area contributed by atoms with Crippen LogP contribution >= 0.6 is 0 Å². The maximum Gasteiger partial charge on any atom is 0.311 e. The topological polar surface area (TPSA) is 84.4 Å². The molecule has 7 heteroatoms. The van der Waals surface area contributed by atoms with Crippen LogP contribution < -0.4 is 10.2 Å². The number of aromatic nitrogens is 1. The van der Waals surface area contributed by atoms with Gasteiger partial charge in [-0.3, -0.25) is 10.1 Å². The largest absolute Gasteiger partial charge is 0.464 e. The summed E-state index contributed by atoms with van der Waals surface area (Å²) in [5.41, 5.74) is -0.0255. The summed E-state index contributed by atoms with van der Waals surface area (Å²) < 4.78 is 5.50. The van der Waals surface area contributed by atoms with Crippen LogP contribution in [0.1, 0.15) is 18.4 Å². The Morgan fingerprint density at radius 3 is 2.71 bits per heavy atom. The summed E-state index contributed by atoms with van der Waals surface area (Å²) in [5.74, 6) is 2.47. The van der Waals surface area contributed by atoms with Crippen LogP contribution in [0.15, 0.2) is 28.7 Å². The zero-order chi connectivity index (χ0) is 15.4. The van der Waals surface area contributed by atoms with Gasteiger partial charge in [0.05, 0.1) is 11.5 Å². The molecule has 2 aromatic heterocycles. The van der Waals surface area contributed by atoms with Crippen molar-refractivity contribution in [3.63, 3.8) is 0 Å². The van der Waals surface area contributed by atoms with Crippen LogP contribution in [0.3, 0.4) is 0 Å². The fourth-order valence-corrected chi connectivity index (χ4v) is 2.02. The van der Waals surface area contributed by atoms with Crippen LogP contribution in [0.5, 0.6) is 0 Å². The van der Waals surface area contributed by atoms with Gasteiger partial charge in [0.2, 0.25) is 5.82 Å². The van der Waals surface area contributed by atoms with Crippen molar-refractivity contribution in [1.29, 1.82) is 0 Å². The number of rotatable bonds is 6. The number of nitrogens with zero attached hydrogens (tertiary/aromatic N) is 3. The van der Waals surface area contributed by atoms with Gasteiger partial charge in [0, 0.05) is 19.7 Å². The average molecular weight is 290 g/mol. The van der Waals surface area contributed by atoms with Crippen LogP contribution in [0.4, 0.5) is 17.3 Å². The van der Waals surface area contributed by atoms with Crippen molar-refractivity contribution in [2.75, 3.05) is 23.8 Å². The quantitative estimate of drug-likeness (QED) is 0.650. The van der Waals surface area contributed by atoms with Crippen molar-refractivity contribution in [2.45, 2.75) is 20.4 Å². The van der Waals surface area contributed by atoms with E-state index in [0.717, 1.165) is 11.5 Å². The third kappa shape index (κ3) is 3.50. The Bertz CT molecular complexity index is 639. The molecule has 0 unspecified atom stereocenters. The van der Waals surface area contributed by atoms with Crippen LogP contribution in [-0.2, 0) is 6.54 Å². The lowest BCUT2D eigenvalue weighted by atomic mass is 10.3. The molecule has 0 saturated carbocycles. The molecular weight excluding hydrogens is 272 g/mol. The molecule has 0 amide bonds. The number of hydrogen-bond acceptors (Lipinski definition) is 6. The number of furan rings is 1. The third-order valence-electron chi connectivity index (χ3n) is 2.96. The molecule has 2 heterocycles. The second kappa shape index (κ2) is 6.25. The van der Waals surface area contributed by atoms with Crippen LogP contribution in [0.25, 0.3) is 0 Å². The molecule has 21 heavy (non-hydrogen) atoms. The molecule has 0 radical (unpaired) electrons. The molecule has 0 aliphatic carbocycles. The molecule has 1 N–H and O–H groups in total. The summed E-state index contributed by atoms with van der Waals surface area (Å²) in [6, 6.07) is 6.78. The standard InChI is InChI=1S/C14H18N4O3/c1-4-15-13-8-7-12(18(19)20)14(16-13)17(3)9-11-6-5-10(2)21-11/h5-8H,4,9H2,1-3H3,(H,15,16). The predicted molar refractivity (Wildman–Crippen MR) is 80.6 cm³/mol. The molecule has 0 aliphatic heterocycles. The van der Waals surface area contributed by atoms with Crippen LogP contribution in [0, 0.1) is 17.0 Å². The zero-order valence-electron chi connectivity index (χ0n) is 12.3. The van der Waals surface area contributed by atoms with Gasteiger partial charge in [-0.1, -0.05) is 0 Å². The first kappa shape index (κ1) is 14.8. The van der Waals surface area contributed by atoms with E-state index in [-0.39, 0.29) is 5.69 Å². The molecule has 7 nitrogen and oxygen atoms in total. The first-order chi connectivity index (χ1) is 10.0. The minimum absolute atomic E-state index is 0.0255. The van der Waals surface area contributed by atoms with Gasteiger partial charge < -0.3 is 14.6 Å². The van der Waals surface area contributed by atoms with Crippen molar-refractivity contribution >= 4 is 17.3 Å². The fraction of sp³-hybridized carbons (Fsp3) is 0.357. The van der Waals surface area contributed by atoms with Gasteiger partial charge in [-0.25, -0.2) is 4.98 Å². The summed E-state index contributed by atoms with van der Waals surface area (Å²) in [6.07, 6.45) is 0. The smallest absolute Gasteiger partial charge is 0.311 e. The summed E-state index contributed by atoms with van der Waals surface area (Å²) >= 11 is 0. The highest BCUT2D eigenvalue weighted by molar-refractivity contribution is 5.61. The molecule has 0 atom stereocenters. The Kier molecular flexibility index (Phi) is 4.42. The third-order valence-corrected chi connectivity index (χ3v) is 2.96. The van der Waals surface area contributed by atoms with Crippen molar-refractivity contribution in [3.8, 4) is 0 Å². The van der Waals surface area contributed by atoms with Crippen LogP contribution in [-0.4, -0.2) is 23.5 Å². The van der Waals surface area contributed by atoms with E-state index in [9.17, 15) is 10.1 Å². The average Bonchev–Trinajstić information content (AvgIpc) is 2.84. The van der Waals surface area contributed by atoms with Gasteiger partial charge in [0.25, 0.3) is 0 Å². The number of nitro groups is 1. The summed E-state index contributed by atoms with van der Waals surface area (Å²) in [7, 11) is 1.75. The van der Waals surface area contributed by atoms with Crippen molar-refractivity contribution in [2.24, 2.45) is 0 Å². The van der Waals surface area contributed by atoms with Gasteiger partial charge in [0.15, 0.2) is 0 Å². The van der Waals surface area contributed by atoms with Gasteiger partial charge in [-0.15, -0.1) is 0 Å². The van der Waals surface area contributed by atoms with Gasteiger partial charge in [-0.2, -0.15) is 0 Å². The molecular formula is C14H18N4O3. The number of nitrogens with one attached hydrogen (secondary N) is 1. The highest BCUT2D eigenvalue weighted by Gasteiger charge is 2.20. The van der Waals surface area contributed by atoms with Crippen molar-refractivity contribution in [3.05, 3.63) is 45.9 Å². The minimum Gasteiger partial charge on any atom is -0.464 e. The molecule has 2 aromatic rings. The molecule has 0 fully saturated rings. The minimum atomic E-state index is -0.429. The van der Waals surface area contributed by atoms with E-state index in [1.807, 2.05) is 26.0 Å². The fourth-order valence-electron chi connectivity index (χ4n) is 2.02. The van der Waals surface area contributed by atoms with Gasteiger partial charge in [0.1, 0.15) is 17.3 Å². The molecule has 2 rings (SSSR count). The van der Waals surface area contributed by atoms with E-state index in [4.69, 9.17) is 4.42 Å². The zero-order valence-corrected chi connectivity index (χ0v) is 12.3. The molecule has 0 aromatic carbocycles. The number of hydrogen-bond donors (Lipinski definition) is 1. The first-order valence-corrected chi connectivity index (χ1v) is 6.67. The molecule has 112 valence electrons. The summed E-state index contributed by atoms with van der Waals surface area (Å²) in [4.78, 5) is 16.7. The highest BCUT2D eigenvalue weighted by atomic mass is 16.6. The van der Waals surface area contributed by atoms with Gasteiger partial charge in [-0.05, 0) is 32.0 Å². The van der Waals surface area contributed by atoms with E-state index in [1.165, 1.54) is 6.07 Å². The number of aryl methyl sites for hydroxylation is 1. The highest BCUT2D eigenvalue weighted by Crippen LogP contribution is 2.28. The summed E-state index contributed by atoms with van der Waals surface area (Å²) in [6.45, 7) is 4.91. The lowest BCUT2D eigenvalue weighted by molar-refractivity contribution is -0.384. The lowest BCUT2D eigenvalue weighted by Gasteiger charge is -2.17. The predicted octanol–water partition coefficient (Wildman–Crippen LogP) is 2.96. The Balaban J connectivity index is 2.30. The molecule has 0 spiro atoms. The Morgan fingerprint density at radius 1 is 1.38 bits per heavy atom. The SMILES string of the molecule is CCNc1ccc([N+](=O)[O-])c(N(C)Cc2ccc(C)o2)n1. The molecule has 0 bridgehead atoms. The Labute approximate surface area is 122 Å². The van der Waals surface area contributed by atoms with E-state index < -0.39 is 4.92 Å². The molecule has 0 aliphatic rings. The molecule has 0 saturated heterocycles. The summed E-state index contributed by atoms with van der Waals surface area (Å²) in [5, 5.41) is 14.2. The Hall–Kier alpha value is -2.57. The maximum atomic E-state index is 11.1. The Morgan fingerprint density at radius 2 is 2.14 bits per heavy atom. The van der Waals surface area contributed by atoms with E-state index >= 15 is 0 Å². The monoisotopic (exact) mass is 290 g/mol. The van der Waals surface area contributed by atoms with Gasteiger partial charge >= 0.3 is 5.69 Å². The van der Waals surface area contributed by atoms with E-state index in [0.29, 0.717) is 24.7 Å². The number of pyridine rings is 1. The maximum absolute atomic E-state index is 11.1. The number of anilines is 2. The van der Waals surface area contributed by atoms with E-state index in [2.05, 4.69) is 10.3 Å².